The number of aliphatic imine (C=N–C) groups is 1. The number of aromatic amines is 1. The Labute approximate surface area is 261 Å². The van der Waals surface area contributed by atoms with Gasteiger partial charge in [-0.25, -0.2) is 18.1 Å². The largest absolute Gasteiger partial charge is 1.00 e. The van der Waals surface area contributed by atoms with Crippen LogP contribution in [0.25, 0.3) is 17.0 Å². The summed E-state index contributed by atoms with van der Waals surface area (Å²) in [4.78, 5) is 36.1. The third-order valence-electron chi connectivity index (χ3n) is 7.33. The number of hydrogen-bond acceptors (Lipinski definition) is 9. The van der Waals surface area contributed by atoms with Crippen LogP contribution in [0, 0.1) is 34.6 Å². The summed E-state index contributed by atoms with van der Waals surface area (Å²) in [5.74, 6) is -0.852. The molecular formula is C28H33N6NaO5S. The van der Waals surface area contributed by atoms with E-state index in [2.05, 4.69) is 30.3 Å². The van der Waals surface area contributed by atoms with Gasteiger partial charge in [-0.1, -0.05) is 18.2 Å². The van der Waals surface area contributed by atoms with Crippen LogP contribution in [0.5, 0.6) is 0 Å². The van der Waals surface area contributed by atoms with Crippen LogP contribution in [0.3, 0.4) is 0 Å². The Balaban J connectivity index is 0.00000462. The van der Waals surface area contributed by atoms with Gasteiger partial charge < -0.3 is 25.5 Å². The third kappa shape index (κ3) is 7.25. The van der Waals surface area contributed by atoms with Gasteiger partial charge in [0.25, 0.3) is 5.56 Å². The van der Waals surface area contributed by atoms with E-state index in [4.69, 9.17) is 0 Å². The van der Waals surface area contributed by atoms with E-state index in [1.54, 1.807) is 32.0 Å². The SMILES string of the molecule is Cc1c(C)c(C)c(S(=O)(=O)N[C@@H](Cc2nc3ccc(/C=C/CNC4=NCCN4)cc3c(=O)[nH]2)C(=O)[O-])c(C)c1C.[Na+]. The van der Waals surface area contributed by atoms with Crippen molar-refractivity contribution in [2.75, 3.05) is 19.6 Å². The number of fused-ring (bicyclic) bond motifs is 1. The number of carbonyl (C=O) groups excluding carboxylic acids is 1. The fourth-order valence-corrected chi connectivity index (χ4v) is 6.54. The fraction of sp³-hybridized carbons (Fsp3) is 0.357. The zero-order valence-corrected chi connectivity index (χ0v) is 27.0. The number of carbonyl (C=O) groups is 1. The van der Waals surface area contributed by atoms with Crippen LogP contribution < -0.4 is 55.6 Å². The van der Waals surface area contributed by atoms with Crippen molar-refractivity contribution >= 4 is 38.9 Å². The molecule has 4 rings (SSSR count). The smallest absolute Gasteiger partial charge is 0.548 e. The molecule has 2 aromatic carbocycles. The van der Waals surface area contributed by atoms with Gasteiger partial charge >= 0.3 is 29.6 Å². The molecule has 1 aromatic heterocycles. The molecule has 0 saturated carbocycles. The van der Waals surface area contributed by atoms with Gasteiger partial charge in [-0.2, -0.15) is 0 Å². The first-order chi connectivity index (χ1) is 18.9. The molecule has 0 fully saturated rings. The maximum atomic E-state index is 13.4. The van der Waals surface area contributed by atoms with E-state index in [9.17, 15) is 23.1 Å². The maximum absolute atomic E-state index is 13.4. The molecule has 0 amide bonds. The summed E-state index contributed by atoms with van der Waals surface area (Å²) < 4.78 is 29.0. The molecule has 2 heterocycles. The van der Waals surface area contributed by atoms with Gasteiger partial charge in [-0.05, 0) is 80.1 Å². The van der Waals surface area contributed by atoms with Crippen LogP contribution in [0.4, 0.5) is 0 Å². The molecule has 1 aliphatic rings. The number of aromatic nitrogens is 2. The molecule has 1 aliphatic heterocycles. The number of hydrogen-bond donors (Lipinski definition) is 4. The summed E-state index contributed by atoms with van der Waals surface area (Å²) in [5, 5.41) is 18.6. The molecule has 0 saturated heterocycles. The minimum Gasteiger partial charge on any atom is -0.548 e. The monoisotopic (exact) mass is 588 g/mol. The molecule has 1 atom stereocenters. The summed E-state index contributed by atoms with van der Waals surface area (Å²) in [6.07, 6.45) is 3.35. The molecule has 0 radical (unpaired) electrons. The summed E-state index contributed by atoms with van der Waals surface area (Å²) >= 11 is 0. The van der Waals surface area contributed by atoms with Crippen LogP contribution in [-0.4, -0.2) is 56.0 Å². The van der Waals surface area contributed by atoms with Gasteiger partial charge in [0.1, 0.15) is 5.82 Å². The number of carboxylic acid groups (broad SMARTS) is 1. The third-order valence-corrected chi connectivity index (χ3v) is 9.07. The maximum Gasteiger partial charge on any atom is 1.00 e. The van der Waals surface area contributed by atoms with Crippen LogP contribution in [0.2, 0.25) is 0 Å². The zero-order valence-electron chi connectivity index (χ0n) is 24.1. The molecule has 212 valence electrons. The number of carboxylic acids is 1. The van der Waals surface area contributed by atoms with Crippen molar-refractivity contribution in [3.05, 3.63) is 73.8 Å². The second-order valence-corrected chi connectivity index (χ2v) is 11.5. The topological polar surface area (TPSA) is 168 Å². The van der Waals surface area contributed by atoms with Gasteiger partial charge in [0.2, 0.25) is 10.0 Å². The molecule has 41 heavy (non-hydrogen) atoms. The molecule has 0 spiro atoms. The predicted molar refractivity (Wildman–Crippen MR) is 153 cm³/mol. The zero-order chi connectivity index (χ0) is 29.2. The predicted octanol–water partition coefficient (Wildman–Crippen LogP) is -2.33. The number of rotatable bonds is 9. The molecular weight excluding hydrogens is 555 g/mol. The van der Waals surface area contributed by atoms with Crippen molar-refractivity contribution in [1.29, 1.82) is 0 Å². The van der Waals surface area contributed by atoms with Crippen molar-refractivity contribution in [3.8, 4) is 0 Å². The van der Waals surface area contributed by atoms with E-state index in [1.807, 2.05) is 32.9 Å². The van der Waals surface area contributed by atoms with Crippen molar-refractivity contribution in [2.24, 2.45) is 4.99 Å². The van der Waals surface area contributed by atoms with Gasteiger partial charge in [0, 0.05) is 19.5 Å². The first-order valence-electron chi connectivity index (χ1n) is 12.9. The van der Waals surface area contributed by atoms with E-state index in [0.29, 0.717) is 28.6 Å². The summed E-state index contributed by atoms with van der Waals surface area (Å²) in [6, 6.07) is 3.47. The Morgan fingerprint density at radius 3 is 2.37 bits per heavy atom. The van der Waals surface area contributed by atoms with Crippen LogP contribution >= 0.6 is 0 Å². The Hall–Kier alpha value is -3.03. The number of H-pyrrole nitrogens is 1. The molecule has 4 N–H and O–H groups in total. The molecule has 3 aromatic rings. The number of sulfonamides is 1. The molecule has 0 aliphatic carbocycles. The van der Waals surface area contributed by atoms with Crippen molar-refractivity contribution in [1.82, 2.24) is 25.3 Å². The summed E-state index contributed by atoms with van der Waals surface area (Å²) in [5.41, 5.74) is 4.39. The fourth-order valence-electron chi connectivity index (χ4n) is 4.75. The quantitative estimate of drug-likeness (QED) is 0.202. The van der Waals surface area contributed by atoms with E-state index in [0.717, 1.165) is 41.3 Å². The first-order valence-corrected chi connectivity index (χ1v) is 14.4. The Morgan fingerprint density at radius 1 is 1.10 bits per heavy atom. The average Bonchev–Trinajstić information content (AvgIpc) is 3.42. The molecule has 11 nitrogen and oxygen atoms in total. The number of aliphatic carboxylic acids is 1. The summed E-state index contributed by atoms with van der Waals surface area (Å²) in [6.45, 7) is 11.1. The number of guanidine groups is 1. The van der Waals surface area contributed by atoms with Crippen molar-refractivity contribution in [3.63, 3.8) is 0 Å². The van der Waals surface area contributed by atoms with Crippen molar-refractivity contribution in [2.45, 2.75) is 52.0 Å². The Morgan fingerprint density at radius 2 is 1.76 bits per heavy atom. The minimum absolute atomic E-state index is 0. The molecule has 0 unspecified atom stereocenters. The second kappa shape index (κ2) is 13.3. The van der Waals surface area contributed by atoms with Crippen LogP contribution in [-0.2, 0) is 21.2 Å². The van der Waals surface area contributed by atoms with E-state index < -0.39 is 34.0 Å². The average molecular weight is 589 g/mol. The Bertz CT molecular complexity index is 1690. The number of nitrogens with one attached hydrogen (secondary N) is 4. The molecule has 13 heteroatoms. The van der Waals surface area contributed by atoms with Gasteiger partial charge in [-0.3, -0.25) is 9.79 Å². The van der Waals surface area contributed by atoms with Gasteiger partial charge in [-0.15, -0.1) is 0 Å². The minimum atomic E-state index is -4.24. The normalized spacial score (nSPS) is 14.0. The second-order valence-electron chi connectivity index (χ2n) is 9.88. The van der Waals surface area contributed by atoms with Gasteiger partial charge in [0.15, 0.2) is 5.96 Å². The van der Waals surface area contributed by atoms with E-state index >= 15 is 0 Å². The van der Waals surface area contributed by atoms with Crippen LogP contribution in [0.15, 0.2) is 39.0 Å². The number of benzene rings is 2. The standard InChI is InChI=1S/C28H34N6O5S.Na/c1-15-16(2)18(4)25(19(5)17(15)3)40(38,39)34-23(27(36)37)14-24-32-22-9-8-20(13-21(22)26(35)33-24)7-6-10-29-28-30-11-12-31-28;/h6-9,13,23,34H,10-12,14H2,1-5H3,(H,36,37)(H2,29,30,31)(H,32,33,35);/q;+1/p-1/b7-6+;/t23-;/m0./s1. The van der Waals surface area contributed by atoms with Crippen LogP contribution in [0.1, 0.15) is 39.2 Å². The van der Waals surface area contributed by atoms with E-state index in [-0.39, 0.29) is 40.3 Å². The Kier molecular flexibility index (Phi) is 10.5. The van der Waals surface area contributed by atoms with E-state index in [1.165, 1.54) is 0 Å². The molecule has 0 bridgehead atoms. The summed E-state index contributed by atoms with van der Waals surface area (Å²) in [7, 11) is -4.24. The van der Waals surface area contributed by atoms with Gasteiger partial charge in [0.05, 0.1) is 34.4 Å². The van der Waals surface area contributed by atoms with Crippen molar-refractivity contribution < 1.29 is 47.9 Å². The first kappa shape index (κ1) is 32.5. The number of nitrogens with zero attached hydrogens (tertiary/aromatic N) is 2.